The third-order valence-corrected chi connectivity index (χ3v) is 2.21. The molecule has 1 rings (SSSR count). The first-order chi connectivity index (χ1) is 8.93. The molecule has 0 saturated carbocycles. The predicted octanol–water partition coefficient (Wildman–Crippen LogP) is 3.18. The molecule has 4 nitrogen and oxygen atoms in total. The van der Waals surface area contributed by atoms with Gasteiger partial charge in [-0.25, -0.2) is 0 Å². The van der Waals surface area contributed by atoms with Crippen molar-refractivity contribution in [3.05, 3.63) is 42.7 Å². The molecule has 0 heterocycles. The quantitative estimate of drug-likeness (QED) is 0.708. The van der Waals surface area contributed by atoms with Crippen molar-refractivity contribution in [3.63, 3.8) is 0 Å². The number of ether oxygens (including phenoxy) is 3. The molecule has 0 bridgehead atoms. The van der Waals surface area contributed by atoms with Gasteiger partial charge in [-0.3, -0.25) is 4.79 Å². The van der Waals surface area contributed by atoms with Gasteiger partial charge in [0.1, 0.15) is 12.4 Å². The monoisotopic (exact) mass is 262 g/mol. The molecule has 102 valence electrons. The predicted molar refractivity (Wildman–Crippen MR) is 74.1 cm³/mol. The smallest absolute Gasteiger partial charge is 0.167 e. The first kappa shape index (κ1) is 14.8. The second-order valence-electron chi connectivity index (χ2n) is 4.08. The van der Waals surface area contributed by atoms with Gasteiger partial charge in [0.2, 0.25) is 0 Å². The summed E-state index contributed by atoms with van der Waals surface area (Å²) in [5.74, 6) is 2.00. The van der Waals surface area contributed by atoms with Crippen LogP contribution in [0, 0.1) is 0 Å². The van der Waals surface area contributed by atoms with Crippen LogP contribution in [-0.4, -0.2) is 19.5 Å². The molecule has 0 aliphatic rings. The number of hydrogen-bond donors (Lipinski definition) is 0. The van der Waals surface area contributed by atoms with Crippen LogP contribution in [0.5, 0.6) is 11.5 Å². The van der Waals surface area contributed by atoms with Crippen LogP contribution in [-0.2, 0) is 9.53 Å². The Balaban J connectivity index is 2.91. The number of hydrogen-bond acceptors (Lipinski definition) is 4. The maximum atomic E-state index is 10.9. The topological polar surface area (TPSA) is 44.8 Å². The third kappa shape index (κ3) is 4.50. The van der Waals surface area contributed by atoms with Crippen LogP contribution >= 0.6 is 0 Å². The Labute approximate surface area is 113 Å². The summed E-state index contributed by atoms with van der Waals surface area (Å²) in [5.41, 5.74) is 0.759. The van der Waals surface area contributed by atoms with E-state index in [-0.39, 0.29) is 12.4 Å². The van der Waals surface area contributed by atoms with Crippen LogP contribution in [0.2, 0.25) is 0 Å². The van der Waals surface area contributed by atoms with E-state index in [9.17, 15) is 4.79 Å². The zero-order valence-corrected chi connectivity index (χ0v) is 11.5. The van der Waals surface area contributed by atoms with Crippen molar-refractivity contribution in [2.75, 3.05) is 13.7 Å². The van der Waals surface area contributed by atoms with E-state index in [2.05, 4.69) is 13.2 Å². The van der Waals surface area contributed by atoms with E-state index in [0.717, 1.165) is 5.56 Å². The van der Waals surface area contributed by atoms with Crippen LogP contribution in [0.25, 0.3) is 5.76 Å². The van der Waals surface area contributed by atoms with Gasteiger partial charge in [0.25, 0.3) is 0 Å². The fourth-order valence-corrected chi connectivity index (χ4v) is 1.41. The number of carbonyl (C=O) groups is 1. The Hall–Kier alpha value is -2.23. The van der Waals surface area contributed by atoms with Crippen LogP contribution in [0.15, 0.2) is 37.1 Å². The maximum absolute atomic E-state index is 10.9. The SMILES string of the molecule is C=C(C)OC(=C)c1ccc(OCC(C)=O)c(OC)c1. The molecule has 0 aliphatic carbocycles. The van der Waals surface area contributed by atoms with Crippen molar-refractivity contribution in [2.24, 2.45) is 0 Å². The number of methoxy groups -OCH3 is 1. The third-order valence-electron chi connectivity index (χ3n) is 2.21. The van der Waals surface area contributed by atoms with E-state index in [0.29, 0.717) is 23.0 Å². The van der Waals surface area contributed by atoms with Crippen molar-refractivity contribution in [1.29, 1.82) is 0 Å². The Morgan fingerprint density at radius 3 is 2.42 bits per heavy atom. The summed E-state index contributed by atoms with van der Waals surface area (Å²) in [6, 6.07) is 5.23. The lowest BCUT2D eigenvalue weighted by Gasteiger charge is -2.13. The minimum Gasteiger partial charge on any atom is -0.493 e. The highest BCUT2D eigenvalue weighted by atomic mass is 16.5. The summed E-state index contributed by atoms with van der Waals surface area (Å²) in [6.45, 7) is 10.7. The zero-order chi connectivity index (χ0) is 14.4. The molecule has 4 heteroatoms. The summed E-state index contributed by atoms with van der Waals surface area (Å²) < 4.78 is 15.9. The first-order valence-corrected chi connectivity index (χ1v) is 5.77. The molecule has 0 amide bonds. The lowest BCUT2D eigenvalue weighted by Crippen LogP contribution is -2.07. The standard InChI is InChI=1S/C15H18O4/c1-10(2)19-12(4)13-6-7-14(15(8-13)17-5)18-9-11(3)16/h6-8H,1,4,9H2,2-3,5H3. The van der Waals surface area contributed by atoms with Crippen LogP contribution in [0.1, 0.15) is 19.4 Å². The minimum atomic E-state index is -0.0545. The Kier molecular flexibility index (Phi) is 5.18. The van der Waals surface area contributed by atoms with E-state index >= 15 is 0 Å². The fourth-order valence-electron chi connectivity index (χ4n) is 1.41. The first-order valence-electron chi connectivity index (χ1n) is 5.77. The van der Waals surface area contributed by atoms with Gasteiger partial charge < -0.3 is 14.2 Å². The summed E-state index contributed by atoms with van der Waals surface area (Å²) in [4.78, 5) is 10.9. The number of carbonyl (C=O) groups excluding carboxylic acids is 1. The van der Waals surface area contributed by atoms with Gasteiger partial charge in [0.05, 0.1) is 12.9 Å². The summed E-state index contributed by atoms with van der Waals surface area (Å²) in [6.07, 6.45) is 0. The van der Waals surface area contributed by atoms with Crippen molar-refractivity contribution in [1.82, 2.24) is 0 Å². The molecule has 19 heavy (non-hydrogen) atoms. The fraction of sp³-hybridized carbons (Fsp3) is 0.267. The average molecular weight is 262 g/mol. The average Bonchev–Trinajstić information content (AvgIpc) is 2.35. The maximum Gasteiger partial charge on any atom is 0.167 e. The summed E-state index contributed by atoms with van der Waals surface area (Å²) in [5, 5.41) is 0. The number of allylic oxidation sites excluding steroid dienone is 1. The van der Waals surface area contributed by atoms with Gasteiger partial charge in [-0.2, -0.15) is 0 Å². The van der Waals surface area contributed by atoms with E-state index in [1.165, 1.54) is 14.0 Å². The molecule has 1 aromatic carbocycles. The summed E-state index contributed by atoms with van der Waals surface area (Å²) in [7, 11) is 1.53. The van der Waals surface area contributed by atoms with E-state index in [1.807, 2.05) is 0 Å². The van der Waals surface area contributed by atoms with Crippen molar-refractivity contribution < 1.29 is 19.0 Å². The molecule has 0 aromatic heterocycles. The van der Waals surface area contributed by atoms with Gasteiger partial charge in [-0.1, -0.05) is 13.2 Å². The molecule has 0 spiro atoms. The molecule has 0 fully saturated rings. The van der Waals surface area contributed by atoms with Crippen LogP contribution < -0.4 is 9.47 Å². The Bertz CT molecular complexity index is 503. The van der Waals surface area contributed by atoms with Crippen molar-refractivity contribution in [2.45, 2.75) is 13.8 Å². The van der Waals surface area contributed by atoms with Gasteiger partial charge in [0, 0.05) is 5.56 Å². The van der Waals surface area contributed by atoms with Gasteiger partial charge in [-0.15, -0.1) is 0 Å². The molecular formula is C15H18O4. The van der Waals surface area contributed by atoms with Crippen molar-refractivity contribution in [3.8, 4) is 11.5 Å². The largest absolute Gasteiger partial charge is 0.493 e. The molecular weight excluding hydrogens is 244 g/mol. The van der Waals surface area contributed by atoms with Crippen molar-refractivity contribution >= 4 is 11.5 Å². The lowest BCUT2D eigenvalue weighted by molar-refractivity contribution is -0.118. The molecule has 0 radical (unpaired) electrons. The van der Waals surface area contributed by atoms with E-state index in [1.54, 1.807) is 25.1 Å². The molecule has 0 atom stereocenters. The van der Waals surface area contributed by atoms with Gasteiger partial charge >= 0.3 is 0 Å². The number of benzene rings is 1. The molecule has 0 saturated heterocycles. The lowest BCUT2D eigenvalue weighted by atomic mass is 10.1. The molecule has 0 aliphatic heterocycles. The highest BCUT2D eigenvalue weighted by Crippen LogP contribution is 2.31. The minimum absolute atomic E-state index is 0.0128. The number of rotatable bonds is 7. The normalized spacial score (nSPS) is 9.63. The van der Waals surface area contributed by atoms with E-state index in [4.69, 9.17) is 14.2 Å². The Morgan fingerprint density at radius 1 is 1.21 bits per heavy atom. The summed E-state index contributed by atoms with van der Waals surface area (Å²) >= 11 is 0. The zero-order valence-electron chi connectivity index (χ0n) is 11.5. The molecule has 1 aromatic rings. The van der Waals surface area contributed by atoms with Gasteiger partial charge in [-0.05, 0) is 32.0 Å². The molecule has 0 unspecified atom stereocenters. The number of Topliss-reactive ketones (excluding diaryl/α,β-unsaturated/α-hetero) is 1. The highest BCUT2D eigenvalue weighted by Gasteiger charge is 2.09. The Morgan fingerprint density at radius 2 is 1.89 bits per heavy atom. The van der Waals surface area contributed by atoms with Crippen LogP contribution in [0.4, 0.5) is 0 Å². The second-order valence-corrected chi connectivity index (χ2v) is 4.08. The second kappa shape index (κ2) is 6.64. The molecule has 0 N–H and O–H groups in total. The van der Waals surface area contributed by atoms with E-state index < -0.39 is 0 Å². The van der Waals surface area contributed by atoms with Crippen LogP contribution in [0.3, 0.4) is 0 Å². The number of ketones is 1. The highest BCUT2D eigenvalue weighted by molar-refractivity contribution is 5.77. The van der Waals surface area contributed by atoms with Gasteiger partial charge in [0.15, 0.2) is 17.3 Å².